The Morgan fingerprint density at radius 3 is 2.76 bits per heavy atom. The van der Waals surface area contributed by atoms with Gasteiger partial charge in [-0.3, -0.25) is 14.2 Å². The maximum absolute atomic E-state index is 12.3. The first kappa shape index (κ1) is 20.3. The molecule has 0 aliphatic carbocycles. The summed E-state index contributed by atoms with van der Waals surface area (Å²) in [6.07, 6.45) is 2.83. The molecule has 0 aliphatic heterocycles. The van der Waals surface area contributed by atoms with E-state index in [9.17, 15) is 4.79 Å². The van der Waals surface area contributed by atoms with Crippen LogP contribution in [0.1, 0.15) is 42.0 Å². The first-order chi connectivity index (χ1) is 14.1. The van der Waals surface area contributed by atoms with Crippen molar-refractivity contribution in [3.05, 3.63) is 65.6 Å². The van der Waals surface area contributed by atoms with Crippen molar-refractivity contribution in [2.45, 2.75) is 39.4 Å². The highest BCUT2D eigenvalue weighted by Crippen LogP contribution is 2.06. The van der Waals surface area contributed by atoms with Crippen molar-refractivity contribution >= 4 is 17.5 Å². The lowest BCUT2D eigenvalue weighted by Gasteiger charge is -2.13. The number of aromatic nitrogens is 3. The van der Waals surface area contributed by atoms with Crippen LogP contribution in [0.5, 0.6) is 0 Å². The largest absolute Gasteiger partial charge is 0.352 e. The van der Waals surface area contributed by atoms with Gasteiger partial charge >= 0.3 is 0 Å². The second kappa shape index (κ2) is 9.68. The summed E-state index contributed by atoms with van der Waals surface area (Å²) in [5.74, 6) is 1.39. The summed E-state index contributed by atoms with van der Waals surface area (Å²) in [6.45, 7) is 5.08. The highest BCUT2D eigenvalue weighted by molar-refractivity contribution is 5.94. The van der Waals surface area contributed by atoms with Crippen LogP contribution < -0.4 is 16.0 Å². The summed E-state index contributed by atoms with van der Waals surface area (Å²) in [7, 11) is 1.72. The van der Waals surface area contributed by atoms with Gasteiger partial charge in [0.15, 0.2) is 17.4 Å². The highest BCUT2D eigenvalue weighted by atomic mass is 16.1. The summed E-state index contributed by atoms with van der Waals surface area (Å²) >= 11 is 0. The van der Waals surface area contributed by atoms with E-state index in [4.69, 9.17) is 0 Å². The second-order valence-corrected chi connectivity index (χ2v) is 6.81. The average Bonchev–Trinajstić information content (AvgIpc) is 3.17. The van der Waals surface area contributed by atoms with Gasteiger partial charge in [-0.1, -0.05) is 25.1 Å². The summed E-state index contributed by atoms with van der Waals surface area (Å²) in [4.78, 5) is 16.6. The molecule has 3 aromatic rings. The Morgan fingerprint density at radius 1 is 1.14 bits per heavy atom. The molecule has 8 nitrogen and oxygen atoms in total. The van der Waals surface area contributed by atoms with Crippen LogP contribution in [-0.4, -0.2) is 39.6 Å². The molecule has 1 amide bonds. The Morgan fingerprint density at radius 2 is 1.97 bits per heavy atom. The Hall–Kier alpha value is -3.42. The molecule has 0 saturated carbocycles. The van der Waals surface area contributed by atoms with Crippen molar-refractivity contribution in [1.29, 1.82) is 0 Å². The number of pyridine rings is 1. The van der Waals surface area contributed by atoms with Gasteiger partial charge in [0.1, 0.15) is 0 Å². The van der Waals surface area contributed by atoms with Crippen LogP contribution >= 0.6 is 0 Å². The van der Waals surface area contributed by atoms with E-state index >= 15 is 0 Å². The van der Waals surface area contributed by atoms with Gasteiger partial charge in [-0.15, -0.1) is 10.2 Å². The minimum absolute atomic E-state index is 0.0533. The van der Waals surface area contributed by atoms with E-state index in [0.29, 0.717) is 24.6 Å². The quantitative estimate of drug-likeness (QED) is 0.422. The third kappa shape index (κ3) is 5.31. The number of benzene rings is 1. The number of guanidine groups is 1. The zero-order chi connectivity index (χ0) is 20.6. The first-order valence-corrected chi connectivity index (χ1v) is 9.73. The average molecular weight is 393 g/mol. The third-order valence-corrected chi connectivity index (χ3v) is 4.66. The number of nitrogens with one attached hydrogen (secondary N) is 3. The summed E-state index contributed by atoms with van der Waals surface area (Å²) < 4.78 is 1.93. The number of carbonyl (C=O) groups excluding carboxylic acids is 1. The Labute approximate surface area is 170 Å². The van der Waals surface area contributed by atoms with Gasteiger partial charge in [-0.25, -0.2) is 0 Å². The van der Waals surface area contributed by atoms with Crippen LogP contribution in [-0.2, 0) is 13.1 Å². The first-order valence-electron chi connectivity index (χ1n) is 9.73. The molecule has 152 valence electrons. The third-order valence-electron chi connectivity index (χ3n) is 4.66. The van der Waals surface area contributed by atoms with Crippen LogP contribution in [0.3, 0.4) is 0 Å². The number of amides is 1. The van der Waals surface area contributed by atoms with Gasteiger partial charge in [0.05, 0.1) is 6.54 Å². The fourth-order valence-corrected chi connectivity index (χ4v) is 2.81. The normalized spacial score (nSPS) is 12.6. The molecule has 29 heavy (non-hydrogen) atoms. The monoisotopic (exact) mass is 393 g/mol. The van der Waals surface area contributed by atoms with Crippen molar-refractivity contribution in [1.82, 2.24) is 30.5 Å². The fraction of sp³-hybridized carbons (Fsp3) is 0.333. The van der Waals surface area contributed by atoms with E-state index in [-0.39, 0.29) is 11.9 Å². The number of nitrogens with zero attached hydrogens (tertiary/aromatic N) is 4. The molecule has 1 aromatic carbocycles. The van der Waals surface area contributed by atoms with Gasteiger partial charge in [-0.2, -0.15) is 0 Å². The standard InChI is InChI=1S/C21H27N7O/c1-4-15(2)25-20(29)17-9-7-8-16(12-17)13-23-21(22-3)24-14-19-27-26-18-10-5-6-11-28(18)19/h5-12,15H,4,13-14H2,1-3H3,(H,25,29)(H2,22,23,24). The molecular formula is C21H27N7O. The molecule has 0 radical (unpaired) electrons. The summed E-state index contributed by atoms with van der Waals surface area (Å²) in [5.41, 5.74) is 2.46. The minimum atomic E-state index is -0.0533. The van der Waals surface area contributed by atoms with Crippen LogP contribution in [0.25, 0.3) is 5.65 Å². The molecule has 0 spiro atoms. The molecule has 0 bridgehead atoms. The van der Waals surface area contributed by atoms with Gasteiger partial charge in [0.2, 0.25) is 0 Å². The molecule has 2 aromatic heterocycles. The lowest BCUT2D eigenvalue weighted by Crippen LogP contribution is -2.37. The van der Waals surface area contributed by atoms with E-state index in [1.54, 1.807) is 7.05 Å². The zero-order valence-corrected chi connectivity index (χ0v) is 17.0. The topological polar surface area (TPSA) is 95.7 Å². The smallest absolute Gasteiger partial charge is 0.251 e. The maximum Gasteiger partial charge on any atom is 0.251 e. The summed E-state index contributed by atoms with van der Waals surface area (Å²) in [5, 5.41) is 17.8. The van der Waals surface area contributed by atoms with Gasteiger partial charge in [-0.05, 0) is 43.2 Å². The van der Waals surface area contributed by atoms with Crippen LogP contribution in [0.15, 0.2) is 53.7 Å². The molecule has 0 aliphatic rings. The van der Waals surface area contributed by atoms with Crippen molar-refractivity contribution in [3.8, 4) is 0 Å². The Kier molecular flexibility index (Phi) is 6.78. The van der Waals surface area contributed by atoms with Crippen LogP contribution in [0.2, 0.25) is 0 Å². The van der Waals surface area contributed by atoms with E-state index < -0.39 is 0 Å². The van der Waals surface area contributed by atoms with Crippen molar-refractivity contribution in [2.75, 3.05) is 7.05 Å². The van der Waals surface area contributed by atoms with Gasteiger partial charge < -0.3 is 16.0 Å². The molecular weight excluding hydrogens is 366 g/mol. The van der Waals surface area contributed by atoms with Crippen molar-refractivity contribution < 1.29 is 4.79 Å². The molecule has 1 atom stereocenters. The van der Waals surface area contributed by atoms with Crippen LogP contribution in [0.4, 0.5) is 0 Å². The molecule has 3 rings (SSSR count). The molecule has 0 fully saturated rings. The second-order valence-electron chi connectivity index (χ2n) is 6.81. The number of carbonyl (C=O) groups is 1. The Balaban J connectivity index is 1.57. The molecule has 8 heteroatoms. The lowest BCUT2D eigenvalue weighted by atomic mass is 10.1. The van der Waals surface area contributed by atoms with E-state index in [0.717, 1.165) is 23.5 Å². The molecule has 2 heterocycles. The summed E-state index contributed by atoms with van der Waals surface area (Å²) in [6, 6.07) is 13.5. The van der Waals surface area contributed by atoms with E-state index in [2.05, 4.69) is 31.1 Å². The highest BCUT2D eigenvalue weighted by Gasteiger charge is 2.09. The SMILES string of the molecule is CCC(C)NC(=O)c1cccc(CNC(=NC)NCc2nnc3ccccn23)c1. The van der Waals surface area contributed by atoms with Crippen molar-refractivity contribution in [2.24, 2.45) is 4.99 Å². The predicted octanol–water partition coefficient (Wildman–Crippen LogP) is 2.12. The number of aliphatic imine (C=N–C) groups is 1. The van der Waals surface area contributed by atoms with E-state index in [1.807, 2.05) is 66.9 Å². The zero-order valence-electron chi connectivity index (χ0n) is 17.0. The molecule has 1 unspecified atom stereocenters. The van der Waals surface area contributed by atoms with Gasteiger partial charge in [0, 0.05) is 31.4 Å². The van der Waals surface area contributed by atoms with Crippen molar-refractivity contribution in [3.63, 3.8) is 0 Å². The number of hydrogen-bond acceptors (Lipinski definition) is 4. The molecule has 0 saturated heterocycles. The van der Waals surface area contributed by atoms with Crippen LogP contribution in [0, 0.1) is 0 Å². The maximum atomic E-state index is 12.3. The Bertz CT molecular complexity index is 995. The number of fused-ring (bicyclic) bond motifs is 1. The van der Waals surface area contributed by atoms with E-state index in [1.165, 1.54) is 0 Å². The molecule has 3 N–H and O–H groups in total. The lowest BCUT2D eigenvalue weighted by molar-refractivity contribution is 0.0939. The predicted molar refractivity (Wildman–Crippen MR) is 114 cm³/mol. The minimum Gasteiger partial charge on any atom is -0.352 e. The fourth-order valence-electron chi connectivity index (χ4n) is 2.81. The number of hydrogen-bond donors (Lipinski definition) is 3. The number of rotatable bonds is 7. The van der Waals surface area contributed by atoms with Gasteiger partial charge in [0.25, 0.3) is 5.91 Å².